The highest BCUT2D eigenvalue weighted by atomic mass is 35.5. The van der Waals surface area contributed by atoms with Crippen molar-refractivity contribution in [2.24, 2.45) is 0 Å². The molecule has 0 aromatic carbocycles. The van der Waals surface area contributed by atoms with Gasteiger partial charge in [0.1, 0.15) is 0 Å². The highest BCUT2D eigenvalue weighted by molar-refractivity contribution is 6.28. The first-order valence-corrected chi connectivity index (χ1v) is 4.49. The lowest BCUT2D eigenvalue weighted by Crippen LogP contribution is -2.25. The van der Waals surface area contributed by atoms with Crippen molar-refractivity contribution in [1.29, 1.82) is 0 Å². The predicted molar refractivity (Wildman–Crippen MR) is 49.0 cm³/mol. The van der Waals surface area contributed by atoms with Gasteiger partial charge >= 0.3 is 0 Å². The summed E-state index contributed by atoms with van der Waals surface area (Å²) in [6, 6.07) is 0. The van der Waals surface area contributed by atoms with Gasteiger partial charge in [-0.25, -0.2) is 4.98 Å². The Morgan fingerprint density at radius 1 is 1.46 bits per heavy atom. The highest BCUT2D eigenvalue weighted by Crippen LogP contribution is 2.23. The van der Waals surface area contributed by atoms with Crippen molar-refractivity contribution in [2.75, 3.05) is 13.7 Å². The Morgan fingerprint density at radius 3 is 3.08 bits per heavy atom. The summed E-state index contributed by atoms with van der Waals surface area (Å²) in [4.78, 5) is 8.14. The van der Waals surface area contributed by atoms with E-state index in [1.807, 2.05) is 0 Å². The zero-order valence-corrected chi connectivity index (χ0v) is 8.06. The molecule has 0 amide bonds. The molecule has 1 aliphatic rings. The topological polar surface area (TPSA) is 47.0 Å². The summed E-state index contributed by atoms with van der Waals surface area (Å²) < 4.78 is 5.13. The number of nitrogens with zero attached hydrogens (tertiary/aromatic N) is 2. The quantitative estimate of drug-likeness (QED) is 0.680. The summed E-state index contributed by atoms with van der Waals surface area (Å²) in [5, 5.41) is 3.46. The summed E-state index contributed by atoms with van der Waals surface area (Å²) in [5.41, 5.74) is 2.02. The minimum atomic E-state index is 0.249. The van der Waals surface area contributed by atoms with Crippen LogP contribution in [-0.2, 0) is 13.0 Å². The van der Waals surface area contributed by atoms with Gasteiger partial charge in [0, 0.05) is 12.1 Å². The van der Waals surface area contributed by atoms with Gasteiger partial charge in [-0.05, 0) is 24.6 Å². The van der Waals surface area contributed by atoms with Crippen LogP contribution in [0.4, 0.5) is 0 Å². The van der Waals surface area contributed by atoms with Gasteiger partial charge in [0.15, 0.2) is 0 Å². The molecule has 1 aliphatic heterocycles. The van der Waals surface area contributed by atoms with E-state index in [0.717, 1.165) is 30.8 Å². The molecule has 0 saturated carbocycles. The molecule has 0 unspecified atom stereocenters. The standard InChI is InChI=1S/C8H10ClN3O/c1-13-7-5-2-3-10-4-6(5)11-8(9)12-7/h10H,2-4H2,1H3. The Bertz CT molecular complexity index is 312. The van der Waals surface area contributed by atoms with Crippen LogP contribution in [0.3, 0.4) is 0 Å². The summed E-state index contributed by atoms with van der Waals surface area (Å²) in [6.45, 7) is 1.68. The molecular formula is C8H10ClN3O. The molecule has 4 nitrogen and oxygen atoms in total. The van der Waals surface area contributed by atoms with Crippen molar-refractivity contribution in [3.05, 3.63) is 16.5 Å². The van der Waals surface area contributed by atoms with E-state index < -0.39 is 0 Å². The second kappa shape index (κ2) is 3.47. The number of aromatic nitrogens is 2. The molecule has 0 radical (unpaired) electrons. The van der Waals surface area contributed by atoms with Crippen LogP contribution in [0.15, 0.2) is 0 Å². The molecule has 1 N–H and O–H groups in total. The first kappa shape index (κ1) is 8.72. The number of hydrogen-bond donors (Lipinski definition) is 1. The van der Waals surface area contributed by atoms with E-state index in [4.69, 9.17) is 16.3 Å². The summed E-state index contributed by atoms with van der Waals surface area (Å²) in [7, 11) is 1.60. The molecule has 13 heavy (non-hydrogen) atoms. The molecule has 5 heteroatoms. The van der Waals surface area contributed by atoms with Gasteiger partial charge in [0.2, 0.25) is 11.2 Å². The van der Waals surface area contributed by atoms with Crippen LogP contribution in [0.25, 0.3) is 0 Å². The molecule has 1 aromatic rings. The molecule has 1 aromatic heterocycles. The third-order valence-electron chi connectivity index (χ3n) is 2.07. The average molecular weight is 200 g/mol. The van der Waals surface area contributed by atoms with Crippen LogP contribution < -0.4 is 10.1 Å². The van der Waals surface area contributed by atoms with Gasteiger partial charge in [0.05, 0.1) is 12.8 Å². The normalized spacial score (nSPS) is 15.2. The summed E-state index contributed by atoms with van der Waals surface area (Å²) in [6.07, 6.45) is 0.898. The van der Waals surface area contributed by atoms with Gasteiger partial charge in [-0.1, -0.05) is 0 Å². The molecule has 2 heterocycles. The fraction of sp³-hybridized carbons (Fsp3) is 0.500. The third kappa shape index (κ3) is 1.59. The Labute approximate surface area is 81.3 Å². The smallest absolute Gasteiger partial charge is 0.225 e. The fourth-order valence-electron chi connectivity index (χ4n) is 1.47. The molecule has 0 spiro atoms. The molecule has 0 fully saturated rings. The summed E-state index contributed by atoms with van der Waals surface area (Å²) in [5.74, 6) is 0.608. The third-order valence-corrected chi connectivity index (χ3v) is 2.23. The molecule has 0 aliphatic carbocycles. The minimum absolute atomic E-state index is 0.249. The lowest BCUT2D eigenvalue weighted by atomic mass is 10.1. The zero-order chi connectivity index (χ0) is 9.26. The SMILES string of the molecule is COc1nc(Cl)nc2c1CCNC2. The number of halogens is 1. The van der Waals surface area contributed by atoms with E-state index in [1.54, 1.807) is 7.11 Å². The highest BCUT2D eigenvalue weighted by Gasteiger charge is 2.16. The van der Waals surface area contributed by atoms with Crippen molar-refractivity contribution < 1.29 is 4.74 Å². The Hall–Kier alpha value is -0.870. The first-order chi connectivity index (χ1) is 6.31. The number of ether oxygens (including phenoxy) is 1. The maximum Gasteiger partial charge on any atom is 0.225 e. The van der Waals surface area contributed by atoms with Crippen LogP contribution >= 0.6 is 11.6 Å². The van der Waals surface area contributed by atoms with Crippen LogP contribution in [0, 0.1) is 0 Å². The maximum absolute atomic E-state index is 5.73. The second-order valence-electron chi connectivity index (χ2n) is 2.85. The van der Waals surface area contributed by atoms with E-state index >= 15 is 0 Å². The lowest BCUT2D eigenvalue weighted by molar-refractivity contribution is 0.386. The van der Waals surface area contributed by atoms with E-state index in [1.165, 1.54) is 0 Å². The molecule has 70 valence electrons. The number of methoxy groups -OCH3 is 1. The number of nitrogens with one attached hydrogen (secondary N) is 1. The molecular weight excluding hydrogens is 190 g/mol. The van der Waals surface area contributed by atoms with Crippen LogP contribution in [0.5, 0.6) is 5.88 Å². The van der Waals surface area contributed by atoms with E-state index in [0.29, 0.717) is 5.88 Å². The largest absolute Gasteiger partial charge is 0.481 e. The van der Waals surface area contributed by atoms with Crippen molar-refractivity contribution >= 4 is 11.6 Å². The molecule has 2 rings (SSSR count). The predicted octanol–water partition coefficient (Wildman–Crippen LogP) is 0.784. The van der Waals surface area contributed by atoms with Crippen molar-refractivity contribution in [3.63, 3.8) is 0 Å². The van der Waals surface area contributed by atoms with Gasteiger partial charge in [0.25, 0.3) is 0 Å². The Kier molecular flexibility index (Phi) is 2.33. The van der Waals surface area contributed by atoms with Crippen molar-refractivity contribution in [2.45, 2.75) is 13.0 Å². The second-order valence-corrected chi connectivity index (χ2v) is 3.19. The fourth-order valence-corrected chi connectivity index (χ4v) is 1.64. The Morgan fingerprint density at radius 2 is 2.31 bits per heavy atom. The van der Waals surface area contributed by atoms with Crippen molar-refractivity contribution in [3.8, 4) is 5.88 Å². The summed E-state index contributed by atoms with van der Waals surface area (Å²) >= 11 is 5.73. The Balaban J connectivity index is 2.50. The monoisotopic (exact) mass is 199 g/mol. The van der Waals surface area contributed by atoms with E-state index in [-0.39, 0.29) is 5.28 Å². The zero-order valence-electron chi connectivity index (χ0n) is 7.30. The first-order valence-electron chi connectivity index (χ1n) is 4.11. The lowest BCUT2D eigenvalue weighted by Gasteiger charge is -2.17. The number of fused-ring (bicyclic) bond motifs is 1. The van der Waals surface area contributed by atoms with Gasteiger partial charge in [-0.15, -0.1) is 0 Å². The maximum atomic E-state index is 5.73. The van der Waals surface area contributed by atoms with Crippen LogP contribution in [0.2, 0.25) is 5.28 Å². The van der Waals surface area contributed by atoms with E-state index in [9.17, 15) is 0 Å². The number of hydrogen-bond acceptors (Lipinski definition) is 4. The van der Waals surface area contributed by atoms with E-state index in [2.05, 4.69) is 15.3 Å². The van der Waals surface area contributed by atoms with Gasteiger partial charge in [-0.3, -0.25) is 0 Å². The van der Waals surface area contributed by atoms with Crippen molar-refractivity contribution in [1.82, 2.24) is 15.3 Å². The van der Waals surface area contributed by atoms with Crippen LogP contribution in [-0.4, -0.2) is 23.6 Å². The van der Waals surface area contributed by atoms with Gasteiger partial charge in [-0.2, -0.15) is 4.98 Å². The molecule has 0 atom stereocenters. The molecule has 0 bridgehead atoms. The van der Waals surface area contributed by atoms with Crippen LogP contribution in [0.1, 0.15) is 11.3 Å². The van der Waals surface area contributed by atoms with Gasteiger partial charge < -0.3 is 10.1 Å². The average Bonchev–Trinajstić information content (AvgIpc) is 2.16. The molecule has 0 saturated heterocycles. The minimum Gasteiger partial charge on any atom is -0.481 e. The number of rotatable bonds is 1.